The molecule has 0 aliphatic carbocycles. The van der Waals surface area contributed by atoms with Crippen molar-refractivity contribution in [2.45, 2.75) is 13.5 Å². The van der Waals surface area contributed by atoms with Gasteiger partial charge in [0.05, 0.1) is 37.1 Å². The molecule has 4 aromatic rings. The van der Waals surface area contributed by atoms with Gasteiger partial charge in [-0.05, 0) is 55.0 Å². The lowest BCUT2D eigenvalue weighted by Crippen LogP contribution is -2.43. The number of hydrazone groups is 1. The second kappa shape index (κ2) is 12.4. The highest BCUT2D eigenvalue weighted by Crippen LogP contribution is 2.28. The molecule has 5 rings (SSSR count). The Kier molecular flexibility index (Phi) is 8.36. The van der Waals surface area contributed by atoms with E-state index in [0.29, 0.717) is 71.8 Å². The van der Waals surface area contributed by atoms with Gasteiger partial charge in [0.2, 0.25) is 0 Å². The van der Waals surface area contributed by atoms with Gasteiger partial charge < -0.3 is 23.7 Å². The Morgan fingerprint density at radius 1 is 0.950 bits per heavy atom. The highest BCUT2D eigenvalue weighted by atomic mass is 16.5. The van der Waals surface area contributed by atoms with Crippen LogP contribution in [-0.4, -0.2) is 67.0 Å². The molecular formula is C30H30N4O6. The van der Waals surface area contributed by atoms with Crippen LogP contribution in [0.5, 0.6) is 11.5 Å². The molecule has 3 aromatic carbocycles. The van der Waals surface area contributed by atoms with E-state index in [4.69, 9.17) is 14.2 Å². The third-order valence-corrected chi connectivity index (χ3v) is 6.57. The van der Waals surface area contributed by atoms with Crippen LogP contribution in [0.25, 0.3) is 21.8 Å². The molecule has 1 aliphatic heterocycles. The van der Waals surface area contributed by atoms with Crippen LogP contribution in [0.15, 0.2) is 76.6 Å². The number of amides is 2. The fraction of sp³-hybridized carbons (Fsp3) is 0.267. The molecule has 1 aliphatic rings. The molecular weight excluding hydrogens is 512 g/mol. The van der Waals surface area contributed by atoms with Crippen molar-refractivity contribution in [2.75, 3.05) is 39.5 Å². The zero-order valence-electron chi connectivity index (χ0n) is 22.2. The maximum absolute atomic E-state index is 12.9. The number of benzene rings is 3. The molecule has 0 unspecified atom stereocenters. The van der Waals surface area contributed by atoms with E-state index in [1.807, 2.05) is 47.9 Å². The number of hydrogen-bond donors (Lipinski definition) is 1. The minimum Gasteiger partial charge on any atom is -0.490 e. The summed E-state index contributed by atoms with van der Waals surface area (Å²) in [4.78, 5) is 39.9. The topological polar surface area (TPSA) is 111 Å². The summed E-state index contributed by atoms with van der Waals surface area (Å²) >= 11 is 0. The number of rotatable bonds is 9. The Morgan fingerprint density at radius 2 is 1.62 bits per heavy atom. The standard InChI is InChI=1S/C30H30N4O6/c1-2-39-27-17-21(11-12-26(27)40-20-29(36)33-13-15-38-16-14-33)18-31-32-28(35)19-34-24-9-5-3-7-22(24)30(37)23-8-4-6-10-25(23)34/h3-12,17-18H,2,13-16,19-20H2,1H3,(H,32,35)/b31-18+. The van der Waals surface area contributed by atoms with Gasteiger partial charge in [-0.25, -0.2) is 5.43 Å². The number of ether oxygens (including phenoxy) is 3. The maximum atomic E-state index is 12.9. The van der Waals surface area contributed by atoms with Gasteiger partial charge in [-0.1, -0.05) is 24.3 Å². The lowest BCUT2D eigenvalue weighted by atomic mass is 10.1. The molecule has 2 heterocycles. The third-order valence-electron chi connectivity index (χ3n) is 6.57. The van der Waals surface area contributed by atoms with Crippen molar-refractivity contribution >= 4 is 39.8 Å². The molecule has 0 saturated carbocycles. The van der Waals surface area contributed by atoms with Crippen LogP contribution >= 0.6 is 0 Å². The van der Waals surface area contributed by atoms with Crippen molar-refractivity contribution in [3.8, 4) is 11.5 Å². The second-order valence-corrected chi connectivity index (χ2v) is 9.16. The lowest BCUT2D eigenvalue weighted by Gasteiger charge is -2.26. The van der Waals surface area contributed by atoms with Gasteiger partial charge in [0, 0.05) is 23.9 Å². The molecule has 206 valence electrons. The highest BCUT2D eigenvalue weighted by molar-refractivity contribution is 5.95. The highest BCUT2D eigenvalue weighted by Gasteiger charge is 2.18. The monoisotopic (exact) mass is 542 g/mol. The Morgan fingerprint density at radius 3 is 2.30 bits per heavy atom. The number of carbonyl (C=O) groups excluding carboxylic acids is 2. The van der Waals surface area contributed by atoms with Gasteiger partial charge in [-0.2, -0.15) is 5.10 Å². The first kappa shape index (κ1) is 26.9. The summed E-state index contributed by atoms with van der Waals surface area (Å²) in [6, 6.07) is 19.7. The molecule has 40 heavy (non-hydrogen) atoms. The zero-order valence-corrected chi connectivity index (χ0v) is 22.2. The average Bonchev–Trinajstić information content (AvgIpc) is 2.99. The van der Waals surface area contributed by atoms with Gasteiger partial charge in [0.1, 0.15) is 6.54 Å². The summed E-state index contributed by atoms with van der Waals surface area (Å²) in [6.07, 6.45) is 1.50. The molecule has 0 spiro atoms. The van der Waals surface area contributed by atoms with Crippen molar-refractivity contribution in [3.63, 3.8) is 0 Å². The van der Waals surface area contributed by atoms with Crippen LogP contribution in [0.3, 0.4) is 0 Å². The normalized spacial score (nSPS) is 13.6. The van der Waals surface area contributed by atoms with Crippen LogP contribution in [0.4, 0.5) is 0 Å². The van der Waals surface area contributed by atoms with Gasteiger partial charge in [-0.15, -0.1) is 0 Å². The van der Waals surface area contributed by atoms with E-state index < -0.39 is 0 Å². The summed E-state index contributed by atoms with van der Waals surface area (Å²) < 4.78 is 18.6. The average molecular weight is 543 g/mol. The smallest absolute Gasteiger partial charge is 0.260 e. The minimum absolute atomic E-state index is 0.0210. The summed E-state index contributed by atoms with van der Waals surface area (Å²) in [7, 11) is 0. The maximum Gasteiger partial charge on any atom is 0.260 e. The van der Waals surface area contributed by atoms with E-state index in [2.05, 4.69) is 10.5 Å². The van der Waals surface area contributed by atoms with E-state index in [-0.39, 0.29) is 30.4 Å². The first-order valence-electron chi connectivity index (χ1n) is 13.1. The van der Waals surface area contributed by atoms with Gasteiger partial charge >= 0.3 is 0 Å². The van der Waals surface area contributed by atoms with Crippen molar-refractivity contribution in [1.82, 2.24) is 14.9 Å². The predicted octanol–water partition coefficient (Wildman–Crippen LogP) is 2.94. The molecule has 0 radical (unpaired) electrons. The summed E-state index contributed by atoms with van der Waals surface area (Å²) in [5.74, 6) is 0.463. The van der Waals surface area contributed by atoms with Crippen molar-refractivity contribution < 1.29 is 23.8 Å². The number of pyridine rings is 1. The van der Waals surface area contributed by atoms with Crippen LogP contribution in [0.1, 0.15) is 12.5 Å². The number of nitrogens with zero attached hydrogens (tertiary/aromatic N) is 3. The molecule has 1 N–H and O–H groups in total. The van der Waals surface area contributed by atoms with Crippen molar-refractivity contribution in [3.05, 3.63) is 82.5 Å². The Hall–Kier alpha value is -4.70. The first-order chi connectivity index (χ1) is 19.5. The zero-order chi connectivity index (χ0) is 27.9. The van der Waals surface area contributed by atoms with E-state index in [0.717, 1.165) is 0 Å². The van der Waals surface area contributed by atoms with Gasteiger partial charge in [-0.3, -0.25) is 14.4 Å². The first-order valence-corrected chi connectivity index (χ1v) is 13.1. The number of aromatic nitrogens is 1. The third kappa shape index (κ3) is 5.97. The quantitative estimate of drug-likeness (QED) is 0.198. The van der Waals surface area contributed by atoms with E-state index >= 15 is 0 Å². The van der Waals surface area contributed by atoms with E-state index in [1.165, 1.54) is 6.21 Å². The van der Waals surface area contributed by atoms with E-state index in [9.17, 15) is 14.4 Å². The Balaban J connectivity index is 1.27. The molecule has 0 bridgehead atoms. The largest absolute Gasteiger partial charge is 0.490 e. The van der Waals surface area contributed by atoms with Crippen LogP contribution in [0, 0.1) is 0 Å². The SMILES string of the molecule is CCOc1cc(/C=N/NC(=O)Cn2c3ccccc3c(=O)c3ccccc32)ccc1OCC(=O)N1CCOCC1. The van der Waals surface area contributed by atoms with Crippen LogP contribution in [-0.2, 0) is 20.9 Å². The molecule has 10 nitrogen and oxygen atoms in total. The second-order valence-electron chi connectivity index (χ2n) is 9.16. The molecule has 0 atom stereocenters. The van der Waals surface area contributed by atoms with Gasteiger partial charge in [0.25, 0.3) is 11.8 Å². The predicted molar refractivity (Wildman–Crippen MR) is 152 cm³/mol. The molecule has 10 heteroatoms. The number of hydrogen-bond acceptors (Lipinski definition) is 7. The van der Waals surface area contributed by atoms with Crippen molar-refractivity contribution in [2.24, 2.45) is 5.10 Å². The number of fused-ring (bicyclic) bond motifs is 2. The van der Waals surface area contributed by atoms with Gasteiger partial charge in [0.15, 0.2) is 23.5 Å². The molecule has 2 amide bonds. The van der Waals surface area contributed by atoms with Crippen LogP contribution in [0.2, 0.25) is 0 Å². The minimum atomic E-state index is -0.346. The Labute approximate surface area is 230 Å². The lowest BCUT2D eigenvalue weighted by molar-refractivity contribution is -0.137. The fourth-order valence-corrected chi connectivity index (χ4v) is 4.64. The van der Waals surface area contributed by atoms with E-state index in [1.54, 1.807) is 35.2 Å². The number of carbonyl (C=O) groups is 2. The fourth-order valence-electron chi connectivity index (χ4n) is 4.64. The molecule has 1 saturated heterocycles. The Bertz CT molecular complexity index is 1560. The summed E-state index contributed by atoms with van der Waals surface area (Å²) in [5.41, 5.74) is 4.53. The van der Waals surface area contributed by atoms with Crippen LogP contribution < -0.4 is 20.3 Å². The summed E-state index contributed by atoms with van der Waals surface area (Å²) in [5, 5.41) is 5.21. The summed E-state index contributed by atoms with van der Waals surface area (Å²) in [6.45, 7) is 4.30. The number of morpholine rings is 1. The number of para-hydroxylation sites is 2. The van der Waals surface area contributed by atoms with Crippen molar-refractivity contribution in [1.29, 1.82) is 0 Å². The molecule has 1 fully saturated rings. The molecule has 1 aromatic heterocycles. The number of nitrogens with one attached hydrogen (secondary N) is 1.